The molecule has 0 spiro atoms. The van der Waals surface area contributed by atoms with E-state index in [0.29, 0.717) is 0 Å². The van der Waals surface area contributed by atoms with Crippen LogP contribution in [-0.4, -0.2) is 27.6 Å². The quantitative estimate of drug-likeness (QED) is 0.737. The Hall–Kier alpha value is -2.05. The summed E-state index contributed by atoms with van der Waals surface area (Å²) in [6.45, 7) is 0. The highest BCUT2D eigenvalue weighted by molar-refractivity contribution is 6.05. The lowest BCUT2D eigenvalue weighted by molar-refractivity contribution is -0.190. The predicted molar refractivity (Wildman–Crippen MR) is 53.8 cm³/mol. The van der Waals surface area contributed by atoms with Crippen LogP contribution in [0.4, 0.5) is 17.6 Å². The summed E-state index contributed by atoms with van der Waals surface area (Å²) in [5, 5.41) is 9.17. The van der Waals surface area contributed by atoms with Gasteiger partial charge in [0.25, 0.3) is 5.78 Å². The van der Waals surface area contributed by atoms with E-state index in [1.165, 1.54) is 24.3 Å². The number of allylic oxidation sites excluding steroid dienone is 6. The zero-order chi connectivity index (χ0) is 13.6. The van der Waals surface area contributed by atoms with Gasteiger partial charge in [0.05, 0.1) is 0 Å². The average Bonchev–Trinajstić information content (AvgIpc) is 2.55. The van der Waals surface area contributed by atoms with Crippen LogP contribution in [0.3, 0.4) is 0 Å². The first-order chi connectivity index (χ1) is 8.30. The summed E-state index contributed by atoms with van der Waals surface area (Å²) in [5.41, 5.74) is -1.12. The van der Waals surface area contributed by atoms with E-state index in [0.717, 1.165) is 17.3 Å². The maximum absolute atomic E-state index is 13.1. The van der Waals surface area contributed by atoms with Gasteiger partial charge in [-0.2, -0.15) is 17.6 Å². The molecule has 1 heterocycles. The molecule has 3 nitrogen and oxygen atoms in total. The van der Waals surface area contributed by atoms with Crippen LogP contribution in [-0.2, 0) is 4.79 Å². The maximum Gasteiger partial charge on any atom is 0.380 e. The number of Topliss-reactive ketones (excluding diaryl/α,β-unsaturated/α-hetero) is 1. The van der Waals surface area contributed by atoms with Crippen LogP contribution in [0.25, 0.3) is 0 Å². The van der Waals surface area contributed by atoms with Crippen molar-refractivity contribution in [3.63, 3.8) is 0 Å². The van der Waals surface area contributed by atoms with E-state index < -0.39 is 29.1 Å². The molecule has 1 N–H and O–H groups in total. The normalized spacial score (nSPS) is 24.9. The van der Waals surface area contributed by atoms with Gasteiger partial charge in [-0.3, -0.25) is 4.79 Å². The van der Waals surface area contributed by atoms with Gasteiger partial charge in [-0.25, -0.2) is 0 Å². The number of halogens is 4. The first kappa shape index (κ1) is 12.4. The third kappa shape index (κ3) is 1.47. The smallest absolute Gasteiger partial charge is 0.380 e. The van der Waals surface area contributed by atoms with Gasteiger partial charge in [-0.15, -0.1) is 0 Å². The number of rotatable bonds is 1. The molecule has 0 amide bonds. The van der Waals surface area contributed by atoms with Crippen LogP contribution in [0.1, 0.15) is 0 Å². The molecule has 0 radical (unpaired) electrons. The zero-order valence-electron chi connectivity index (χ0n) is 8.78. The first-order valence-electron chi connectivity index (χ1n) is 4.84. The van der Waals surface area contributed by atoms with E-state index in [-0.39, 0.29) is 0 Å². The lowest BCUT2D eigenvalue weighted by Gasteiger charge is -2.16. The fourth-order valence-electron chi connectivity index (χ4n) is 1.55. The molecule has 0 atom stereocenters. The Labute approximate surface area is 99.0 Å². The molecule has 2 aliphatic rings. The van der Waals surface area contributed by atoms with E-state index in [1.54, 1.807) is 0 Å². The number of alkyl halides is 4. The highest BCUT2D eigenvalue weighted by Gasteiger charge is 2.72. The zero-order valence-corrected chi connectivity index (χ0v) is 8.78. The molecule has 0 aromatic heterocycles. The molecule has 96 valence electrons. The summed E-state index contributed by atoms with van der Waals surface area (Å²) in [6, 6.07) is 0. The van der Waals surface area contributed by atoms with Crippen LogP contribution in [0.2, 0.25) is 0 Å². The van der Waals surface area contributed by atoms with Crippen LogP contribution in [0.15, 0.2) is 48.2 Å². The monoisotopic (exact) mass is 261 g/mol. The van der Waals surface area contributed by atoms with E-state index in [1.807, 2.05) is 0 Å². The standard InChI is InChI=1S/C11H7F4NO2/c12-10(13)8(17)7(9(18)11(10,14)15)16-5-3-1-2-4-6-16/h1-6,17H. The summed E-state index contributed by atoms with van der Waals surface area (Å²) in [4.78, 5) is 12.0. The second-order valence-corrected chi connectivity index (χ2v) is 3.65. The molecule has 7 heteroatoms. The highest BCUT2D eigenvalue weighted by atomic mass is 19.3. The number of nitrogens with zero attached hydrogens (tertiary/aromatic N) is 1. The van der Waals surface area contributed by atoms with Crippen molar-refractivity contribution in [2.75, 3.05) is 0 Å². The number of aliphatic hydroxyl groups is 1. The van der Waals surface area contributed by atoms with Crippen molar-refractivity contribution in [1.82, 2.24) is 4.90 Å². The Kier molecular flexibility index (Phi) is 2.57. The minimum absolute atomic E-state index is 0.729. The Morgan fingerprint density at radius 3 is 1.83 bits per heavy atom. The predicted octanol–water partition coefficient (Wildman–Crippen LogP) is 2.51. The number of carbonyl (C=O) groups excluding carboxylic acids is 1. The fourth-order valence-corrected chi connectivity index (χ4v) is 1.55. The maximum atomic E-state index is 13.1. The number of ketones is 1. The average molecular weight is 261 g/mol. The second-order valence-electron chi connectivity index (χ2n) is 3.65. The molecule has 18 heavy (non-hydrogen) atoms. The van der Waals surface area contributed by atoms with Crippen molar-refractivity contribution >= 4 is 5.78 Å². The summed E-state index contributed by atoms with van der Waals surface area (Å²) in [5.74, 6) is -13.9. The molecule has 0 aromatic carbocycles. The van der Waals surface area contributed by atoms with Crippen molar-refractivity contribution in [2.24, 2.45) is 0 Å². The summed E-state index contributed by atoms with van der Waals surface area (Å²) < 4.78 is 52.4. The number of hydrogen-bond donors (Lipinski definition) is 1. The van der Waals surface area contributed by atoms with E-state index in [2.05, 4.69) is 0 Å². The van der Waals surface area contributed by atoms with Gasteiger partial charge in [0.1, 0.15) is 5.70 Å². The molecule has 0 aromatic rings. The summed E-state index contributed by atoms with van der Waals surface area (Å²) in [6.07, 6.45) is 7.93. The fraction of sp³-hybridized carbons (Fsp3) is 0.182. The minimum atomic E-state index is -4.94. The van der Waals surface area contributed by atoms with Gasteiger partial charge in [0, 0.05) is 12.4 Å². The second kappa shape index (κ2) is 3.72. The summed E-state index contributed by atoms with van der Waals surface area (Å²) >= 11 is 0. The number of aliphatic hydroxyl groups excluding tert-OH is 1. The highest BCUT2D eigenvalue weighted by Crippen LogP contribution is 2.48. The molecule has 0 unspecified atom stereocenters. The van der Waals surface area contributed by atoms with Crippen molar-refractivity contribution in [3.05, 3.63) is 48.2 Å². The van der Waals surface area contributed by atoms with Gasteiger partial charge >= 0.3 is 11.8 Å². The van der Waals surface area contributed by atoms with E-state index in [9.17, 15) is 22.4 Å². The summed E-state index contributed by atoms with van der Waals surface area (Å²) in [7, 11) is 0. The SMILES string of the molecule is O=C1C(N2C=CC=CC=C2)=C(O)C(F)(F)C1(F)F. The Morgan fingerprint density at radius 2 is 1.44 bits per heavy atom. The van der Waals surface area contributed by atoms with Crippen molar-refractivity contribution < 1.29 is 27.5 Å². The molecule has 1 aliphatic carbocycles. The van der Waals surface area contributed by atoms with E-state index >= 15 is 0 Å². The topological polar surface area (TPSA) is 40.5 Å². The molecule has 1 aliphatic heterocycles. The molecule has 0 saturated heterocycles. The minimum Gasteiger partial charge on any atom is -0.505 e. The van der Waals surface area contributed by atoms with Crippen molar-refractivity contribution in [1.29, 1.82) is 0 Å². The Bertz CT molecular complexity index is 501. The van der Waals surface area contributed by atoms with Gasteiger partial charge in [0.15, 0.2) is 5.76 Å². The van der Waals surface area contributed by atoms with Crippen LogP contribution in [0, 0.1) is 0 Å². The molecule has 0 fully saturated rings. The number of hydrogen-bond acceptors (Lipinski definition) is 3. The van der Waals surface area contributed by atoms with Gasteiger partial charge in [0.2, 0.25) is 0 Å². The van der Waals surface area contributed by atoms with Gasteiger partial charge in [-0.1, -0.05) is 12.2 Å². The lowest BCUT2D eigenvalue weighted by Crippen LogP contribution is -2.42. The Balaban J connectivity index is 2.51. The molecular formula is C11H7F4NO2. The van der Waals surface area contributed by atoms with Crippen LogP contribution < -0.4 is 0 Å². The largest absolute Gasteiger partial charge is 0.505 e. The third-order valence-corrected chi connectivity index (χ3v) is 2.50. The van der Waals surface area contributed by atoms with Crippen LogP contribution >= 0.6 is 0 Å². The van der Waals surface area contributed by atoms with Gasteiger partial charge < -0.3 is 10.0 Å². The first-order valence-corrected chi connectivity index (χ1v) is 4.84. The molecular weight excluding hydrogens is 254 g/mol. The third-order valence-electron chi connectivity index (χ3n) is 2.50. The Morgan fingerprint density at radius 1 is 0.944 bits per heavy atom. The van der Waals surface area contributed by atoms with Crippen molar-refractivity contribution in [2.45, 2.75) is 11.8 Å². The van der Waals surface area contributed by atoms with E-state index in [4.69, 9.17) is 5.11 Å². The molecule has 0 saturated carbocycles. The van der Waals surface area contributed by atoms with Crippen LogP contribution in [0.5, 0.6) is 0 Å². The number of carbonyl (C=O) groups is 1. The lowest BCUT2D eigenvalue weighted by atomic mass is 10.2. The van der Waals surface area contributed by atoms with Gasteiger partial charge in [-0.05, 0) is 12.2 Å². The molecule has 2 rings (SSSR count). The van der Waals surface area contributed by atoms with Crippen molar-refractivity contribution in [3.8, 4) is 0 Å². The molecule has 0 bridgehead atoms.